The number of carbonyl (C=O) groups is 1. The lowest BCUT2D eigenvalue weighted by atomic mass is 10.2. The third-order valence-electron chi connectivity index (χ3n) is 2.03. The third kappa shape index (κ3) is 2.48. The zero-order chi connectivity index (χ0) is 8.97. The van der Waals surface area contributed by atoms with Gasteiger partial charge < -0.3 is 9.64 Å². The molecule has 0 N–H and O–H groups in total. The van der Waals surface area contributed by atoms with Gasteiger partial charge in [-0.3, -0.25) is 4.79 Å². The zero-order valence-electron chi connectivity index (χ0n) is 7.88. The molecule has 1 rings (SSSR count). The molecule has 1 aliphatic heterocycles. The largest absolute Gasteiger partial charge is 0.380 e. The molecular formula is C9H17NO2. The first-order valence-corrected chi connectivity index (χ1v) is 4.58. The summed E-state index contributed by atoms with van der Waals surface area (Å²) < 4.78 is 5.26. The van der Waals surface area contributed by atoms with Crippen molar-refractivity contribution in [3.63, 3.8) is 0 Å². The van der Waals surface area contributed by atoms with Gasteiger partial charge in [-0.05, 0) is 6.42 Å². The van der Waals surface area contributed by atoms with Crippen molar-refractivity contribution >= 4 is 5.91 Å². The Labute approximate surface area is 73.7 Å². The summed E-state index contributed by atoms with van der Waals surface area (Å²) in [7, 11) is 0. The van der Waals surface area contributed by atoms with E-state index >= 15 is 0 Å². The molecule has 0 saturated carbocycles. The number of rotatable bonds is 1. The van der Waals surface area contributed by atoms with Crippen LogP contribution in [0.5, 0.6) is 0 Å². The Morgan fingerprint density at radius 3 is 2.75 bits per heavy atom. The van der Waals surface area contributed by atoms with Crippen LogP contribution < -0.4 is 0 Å². The fourth-order valence-corrected chi connectivity index (χ4v) is 1.33. The molecule has 1 amide bonds. The van der Waals surface area contributed by atoms with Gasteiger partial charge in [-0.1, -0.05) is 13.8 Å². The van der Waals surface area contributed by atoms with Crippen molar-refractivity contribution in [1.29, 1.82) is 0 Å². The minimum Gasteiger partial charge on any atom is -0.380 e. The fourth-order valence-electron chi connectivity index (χ4n) is 1.33. The Morgan fingerprint density at radius 1 is 1.33 bits per heavy atom. The standard InChI is InChI=1S/C9H17NO2/c1-8(2)9(11)10-4-3-6-12-7-5-10/h8H,3-7H2,1-2H3. The Hall–Kier alpha value is -0.570. The van der Waals surface area contributed by atoms with Crippen molar-refractivity contribution in [2.75, 3.05) is 26.3 Å². The van der Waals surface area contributed by atoms with Crippen molar-refractivity contribution < 1.29 is 9.53 Å². The highest BCUT2D eigenvalue weighted by molar-refractivity contribution is 5.78. The molecule has 0 radical (unpaired) electrons. The van der Waals surface area contributed by atoms with Gasteiger partial charge in [-0.25, -0.2) is 0 Å². The summed E-state index contributed by atoms with van der Waals surface area (Å²) in [5, 5.41) is 0. The molecular weight excluding hydrogens is 154 g/mol. The average Bonchev–Trinajstić information content (AvgIpc) is 2.30. The first-order chi connectivity index (χ1) is 5.72. The van der Waals surface area contributed by atoms with E-state index in [1.54, 1.807) is 0 Å². The van der Waals surface area contributed by atoms with Gasteiger partial charge in [0.1, 0.15) is 0 Å². The van der Waals surface area contributed by atoms with Gasteiger partial charge in [0.15, 0.2) is 0 Å². The Morgan fingerprint density at radius 2 is 2.08 bits per heavy atom. The second kappa shape index (κ2) is 4.45. The van der Waals surface area contributed by atoms with E-state index in [4.69, 9.17) is 4.74 Å². The van der Waals surface area contributed by atoms with Crippen LogP contribution in [0.25, 0.3) is 0 Å². The minimum absolute atomic E-state index is 0.114. The highest BCUT2D eigenvalue weighted by atomic mass is 16.5. The molecule has 3 nitrogen and oxygen atoms in total. The number of hydrogen-bond donors (Lipinski definition) is 0. The van der Waals surface area contributed by atoms with E-state index in [-0.39, 0.29) is 11.8 Å². The van der Waals surface area contributed by atoms with E-state index in [1.165, 1.54) is 0 Å². The minimum atomic E-state index is 0.114. The average molecular weight is 171 g/mol. The van der Waals surface area contributed by atoms with Crippen LogP contribution in [-0.2, 0) is 9.53 Å². The molecule has 70 valence electrons. The van der Waals surface area contributed by atoms with E-state index in [1.807, 2.05) is 18.7 Å². The first-order valence-electron chi connectivity index (χ1n) is 4.58. The topological polar surface area (TPSA) is 29.5 Å². The molecule has 0 atom stereocenters. The summed E-state index contributed by atoms with van der Waals surface area (Å²) in [4.78, 5) is 13.4. The highest BCUT2D eigenvalue weighted by Crippen LogP contribution is 2.05. The molecule has 0 aromatic heterocycles. The van der Waals surface area contributed by atoms with E-state index in [2.05, 4.69) is 0 Å². The predicted molar refractivity (Wildman–Crippen MR) is 46.9 cm³/mol. The third-order valence-corrected chi connectivity index (χ3v) is 2.03. The second-order valence-corrected chi connectivity index (χ2v) is 3.45. The van der Waals surface area contributed by atoms with Crippen LogP contribution in [-0.4, -0.2) is 37.1 Å². The molecule has 0 aromatic carbocycles. The molecule has 0 bridgehead atoms. The molecule has 1 fully saturated rings. The summed E-state index contributed by atoms with van der Waals surface area (Å²) in [6.07, 6.45) is 0.971. The molecule has 12 heavy (non-hydrogen) atoms. The van der Waals surface area contributed by atoms with Crippen LogP contribution in [0.15, 0.2) is 0 Å². The normalized spacial score (nSPS) is 19.4. The molecule has 1 heterocycles. The maximum atomic E-state index is 11.5. The molecule has 0 aliphatic carbocycles. The van der Waals surface area contributed by atoms with Crippen LogP contribution in [0.2, 0.25) is 0 Å². The maximum absolute atomic E-state index is 11.5. The Balaban J connectivity index is 2.43. The smallest absolute Gasteiger partial charge is 0.225 e. The fraction of sp³-hybridized carbons (Fsp3) is 0.889. The van der Waals surface area contributed by atoms with Crippen molar-refractivity contribution in [3.8, 4) is 0 Å². The number of hydrogen-bond acceptors (Lipinski definition) is 2. The summed E-state index contributed by atoms with van der Waals surface area (Å²) in [5.41, 5.74) is 0. The first kappa shape index (κ1) is 9.52. The van der Waals surface area contributed by atoms with Gasteiger partial charge in [0.05, 0.1) is 6.61 Å². The van der Waals surface area contributed by atoms with E-state index in [0.717, 1.165) is 26.1 Å². The van der Waals surface area contributed by atoms with Crippen LogP contribution in [0, 0.1) is 5.92 Å². The maximum Gasteiger partial charge on any atom is 0.225 e. The van der Waals surface area contributed by atoms with Crippen LogP contribution >= 0.6 is 0 Å². The Bertz CT molecular complexity index is 149. The van der Waals surface area contributed by atoms with Gasteiger partial charge in [-0.2, -0.15) is 0 Å². The summed E-state index contributed by atoms with van der Waals surface area (Å²) in [6.45, 7) is 6.98. The predicted octanol–water partition coefficient (Wildman–Crippen LogP) is 0.891. The second-order valence-electron chi connectivity index (χ2n) is 3.45. The van der Waals surface area contributed by atoms with E-state index in [0.29, 0.717) is 6.61 Å². The van der Waals surface area contributed by atoms with Gasteiger partial charge in [0.2, 0.25) is 5.91 Å². The van der Waals surface area contributed by atoms with Gasteiger partial charge >= 0.3 is 0 Å². The van der Waals surface area contributed by atoms with Crippen LogP contribution in [0.4, 0.5) is 0 Å². The van der Waals surface area contributed by atoms with Gasteiger partial charge in [0.25, 0.3) is 0 Å². The quantitative estimate of drug-likeness (QED) is 0.586. The molecule has 3 heteroatoms. The number of amides is 1. The molecule has 0 spiro atoms. The highest BCUT2D eigenvalue weighted by Gasteiger charge is 2.17. The van der Waals surface area contributed by atoms with Gasteiger partial charge in [-0.15, -0.1) is 0 Å². The molecule has 0 aromatic rings. The monoisotopic (exact) mass is 171 g/mol. The van der Waals surface area contributed by atoms with Crippen molar-refractivity contribution in [1.82, 2.24) is 4.90 Å². The number of nitrogens with zero attached hydrogens (tertiary/aromatic N) is 1. The molecule has 1 aliphatic rings. The number of ether oxygens (including phenoxy) is 1. The lowest BCUT2D eigenvalue weighted by Gasteiger charge is -2.21. The van der Waals surface area contributed by atoms with Crippen LogP contribution in [0.1, 0.15) is 20.3 Å². The summed E-state index contributed by atoms with van der Waals surface area (Å²) in [5.74, 6) is 0.364. The Kier molecular flexibility index (Phi) is 3.53. The number of carbonyl (C=O) groups excluding carboxylic acids is 1. The van der Waals surface area contributed by atoms with Crippen molar-refractivity contribution in [2.24, 2.45) is 5.92 Å². The summed E-state index contributed by atoms with van der Waals surface area (Å²) >= 11 is 0. The van der Waals surface area contributed by atoms with Crippen molar-refractivity contribution in [3.05, 3.63) is 0 Å². The molecule has 1 saturated heterocycles. The SMILES string of the molecule is CC(C)C(=O)N1CCCOCC1. The van der Waals surface area contributed by atoms with Gasteiger partial charge in [0, 0.05) is 25.6 Å². The van der Waals surface area contributed by atoms with E-state index < -0.39 is 0 Å². The summed E-state index contributed by atoms with van der Waals surface area (Å²) in [6, 6.07) is 0. The van der Waals surface area contributed by atoms with Crippen LogP contribution in [0.3, 0.4) is 0 Å². The zero-order valence-corrected chi connectivity index (χ0v) is 7.88. The van der Waals surface area contributed by atoms with E-state index in [9.17, 15) is 4.79 Å². The van der Waals surface area contributed by atoms with Crippen molar-refractivity contribution in [2.45, 2.75) is 20.3 Å². The lowest BCUT2D eigenvalue weighted by molar-refractivity contribution is -0.134. The molecule has 0 unspecified atom stereocenters. The lowest BCUT2D eigenvalue weighted by Crippen LogP contribution is -2.36.